The van der Waals surface area contributed by atoms with Gasteiger partial charge < -0.3 is 20.4 Å². The first-order chi connectivity index (χ1) is 25.5. The predicted molar refractivity (Wildman–Crippen MR) is 214 cm³/mol. The van der Waals surface area contributed by atoms with Gasteiger partial charge in [-0.1, -0.05) is 111 Å². The lowest BCUT2D eigenvalue weighted by Gasteiger charge is -2.35. The Morgan fingerprint density at radius 1 is 0.709 bits per heavy atom. The zero-order valence-corrected chi connectivity index (χ0v) is 36.0. The lowest BCUT2D eigenvalue weighted by atomic mass is 9.84. The van der Waals surface area contributed by atoms with Crippen LogP contribution in [0.15, 0.2) is 30.3 Å². The molecule has 6 atom stereocenters. The second-order valence-corrected chi connectivity index (χ2v) is 16.8. The average Bonchev–Trinajstić information content (AvgIpc) is 3.11. The zero-order chi connectivity index (χ0) is 42.7. The van der Waals surface area contributed by atoms with Crippen molar-refractivity contribution in [3.63, 3.8) is 0 Å². The van der Waals surface area contributed by atoms with Crippen molar-refractivity contribution in [3.05, 3.63) is 35.9 Å². The molecule has 6 amide bonds. The Labute approximate surface area is 330 Å². The highest BCUT2D eigenvalue weighted by atomic mass is 16.7. The Kier molecular flexibility index (Phi) is 22.7. The van der Waals surface area contributed by atoms with Gasteiger partial charge in [0.2, 0.25) is 36.4 Å². The molecule has 0 aliphatic rings. The van der Waals surface area contributed by atoms with Gasteiger partial charge in [0.15, 0.2) is 0 Å². The molecule has 0 spiro atoms. The number of unbranched alkanes of at least 4 members (excludes halogenated alkanes) is 2. The summed E-state index contributed by atoms with van der Waals surface area (Å²) in [7, 11) is 6.64. The van der Waals surface area contributed by atoms with Crippen molar-refractivity contribution in [2.75, 3.05) is 28.2 Å². The first-order valence-electron chi connectivity index (χ1n) is 19.4. The Morgan fingerprint density at radius 3 is 1.44 bits per heavy atom. The Balaban J connectivity index is 0.00000110. The standard InChI is InChI=1S/C24H39N3O4.C17H33N3O4/c1-8-9-15-20(22(29)25-21(24(3,4)5)23(30)26(6)7)18(2)27(17-28)31-16-19-13-11-10-12-14-19;1-8-9-10-13(12(2)20(24)11-21)15(22)18-14(17(3,4)5)16(23)19(6)7/h10-14,17-18,20-21H,8-9,15-16H2,1-7H3,(H,25,29);11-14,24H,8-10H2,1-7H3,(H,18,22)/t18?,20-,21-;12?,13-,14-/m11/s1. The minimum Gasteiger partial charge on any atom is -0.347 e. The summed E-state index contributed by atoms with van der Waals surface area (Å²) in [6, 6.07) is 7.05. The minimum absolute atomic E-state index is 0.157. The quantitative estimate of drug-likeness (QED) is 0.0887. The third kappa shape index (κ3) is 17.5. The normalized spacial score (nSPS) is 14.7. The summed E-state index contributed by atoms with van der Waals surface area (Å²) in [6.45, 7) is 19.1. The van der Waals surface area contributed by atoms with Gasteiger partial charge in [-0.2, -0.15) is 0 Å². The van der Waals surface area contributed by atoms with Gasteiger partial charge in [0.05, 0.1) is 23.9 Å². The highest BCUT2D eigenvalue weighted by Gasteiger charge is 2.39. The van der Waals surface area contributed by atoms with Gasteiger partial charge in [0, 0.05) is 28.2 Å². The molecule has 3 N–H and O–H groups in total. The van der Waals surface area contributed by atoms with E-state index >= 15 is 0 Å². The summed E-state index contributed by atoms with van der Waals surface area (Å²) in [6.07, 6.45) is 5.46. The van der Waals surface area contributed by atoms with Gasteiger partial charge in [-0.3, -0.25) is 38.8 Å². The number of hydrogen-bond donors (Lipinski definition) is 3. The van der Waals surface area contributed by atoms with Crippen molar-refractivity contribution in [2.24, 2.45) is 22.7 Å². The van der Waals surface area contributed by atoms with E-state index in [0.717, 1.165) is 31.2 Å². The molecule has 55 heavy (non-hydrogen) atoms. The largest absolute Gasteiger partial charge is 0.347 e. The van der Waals surface area contributed by atoms with Crippen LogP contribution in [0.4, 0.5) is 0 Å². The lowest BCUT2D eigenvalue weighted by molar-refractivity contribution is -0.197. The van der Waals surface area contributed by atoms with E-state index in [2.05, 4.69) is 17.6 Å². The topological polar surface area (TPSA) is 169 Å². The van der Waals surface area contributed by atoms with E-state index in [1.165, 1.54) is 14.9 Å². The molecule has 0 saturated carbocycles. The molecule has 0 heterocycles. The van der Waals surface area contributed by atoms with Crippen molar-refractivity contribution >= 4 is 36.4 Å². The van der Waals surface area contributed by atoms with Gasteiger partial charge in [-0.15, -0.1) is 0 Å². The van der Waals surface area contributed by atoms with Crippen molar-refractivity contribution < 1.29 is 38.8 Å². The number of amides is 6. The number of carbonyl (C=O) groups is 6. The van der Waals surface area contributed by atoms with E-state index in [1.54, 1.807) is 42.0 Å². The molecule has 1 rings (SSSR count). The Hall–Kier alpha value is -4.04. The smallest absolute Gasteiger partial charge is 0.245 e. The van der Waals surface area contributed by atoms with Gasteiger partial charge in [-0.05, 0) is 43.1 Å². The van der Waals surface area contributed by atoms with Crippen molar-refractivity contribution in [1.82, 2.24) is 30.6 Å². The summed E-state index contributed by atoms with van der Waals surface area (Å²) in [5.41, 5.74) is 0.0171. The number of hydroxylamine groups is 4. The molecule has 0 aromatic heterocycles. The lowest BCUT2D eigenvalue weighted by Crippen LogP contribution is -2.56. The third-order valence-corrected chi connectivity index (χ3v) is 9.51. The van der Waals surface area contributed by atoms with Crippen molar-refractivity contribution in [1.29, 1.82) is 0 Å². The molecule has 14 heteroatoms. The second kappa shape index (κ2) is 24.5. The first kappa shape index (κ1) is 51.0. The Bertz CT molecular complexity index is 1330. The molecule has 0 aliphatic carbocycles. The molecule has 0 aliphatic heterocycles. The number of hydrogen-bond acceptors (Lipinski definition) is 8. The summed E-state index contributed by atoms with van der Waals surface area (Å²) in [4.78, 5) is 82.4. The second-order valence-electron chi connectivity index (χ2n) is 16.8. The van der Waals surface area contributed by atoms with E-state index in [4.69, 9.17) is 4.84 Å². The number of rotatable bonds is 21. The van der Waals surface area contributed by atoms with Crippen LogP contribution in [-0.4, -0.2) is 114 Å². The molecule has 0 saturated heterocycles. The number of nitrogens with zero attached hydrogens (tertiary/aromatic N) is 4. The molecule has 314 valence electrons. The van der Waals surface area contributed by atoms with Gasteiger partial charge in [0.25, 0.3) is 0 Å². The van der Waals surface area contributed by atoms with Gasteiger partial charge >= 0.3 is 0 Å². The summed E-state index contributed by atoms with van der Waals surface area (Å²) >= 11 is 0. The fraction of sp³-hybridized carbons (Fsp3) is 0.707. The monoisotopic (exact) mass is 777 g/mol. The van der Waals surface area contributed by atoms with Crippen molar-refractivity contribution in [3.8, 4) is 0 Å². The minimum atomic E-state index is -0.681. The van der Waals surface area contributed by atoms with Crippen LogP contribution < -0.4 is 10.6 Å². The highest BCUT2D eigenvalue weighted by Crippen LogP contribution is 2.25. The molecule has 2 unspecified atom stereocenters. The summed E-state index contributed by atoms with van der Waals surface area (Å²) in [5.74, 6) is -2.00. The van der Waals surface area contributed by atoms with Crippen LogP contribution in [0.3, 0.4) is 0 Å². The van der Waals surface area contributed by atoms with Crippen LogP contribution >= 0.6 is 0 Å². The van der Waals surface area contributed by atoms with Crippen LogP contribution in [-0.2, 0) is 40.2 Å². The summed E-state index contributed by atoms with van der Waals surface area (Å²) < 4.78 is 0. The summed E-state index contributed by atoms with van der Waals surface area (Å²) in [5, 5.41) is 17.2. The van der Waals surface area contributed by atoms with Crippen LogP contribution in [0.2, 0.25) is 0 Å². The number of benzene rings is 1. The van der Waals surface area contributed by atoms with Crippen LogP contribution in [0.1, 0.15) is 113 Å². The van der Waals surface area contributed by atoms with Crippen LogP contribution in [0, 0.1) is 22.7 Å². The molecular weight excluding hydrogens is 704 g/mol. The van der Waals surface area contributed by atoms with Crippen LogP contribution in [0.5, 0.6) is 0 Å². The van der Waals surface area contributed by atoms with E-state index in [1.807, 2.05) is 78.8 Å². The molecule has 0 radical (unpaired) electrons. The third-order valence-electron chi connectivity index (χ3n) is 9.51. The number of carbonyl (C=O) groups excluding carboxylic acids is 6. The molecule has 0 bridgehead atoms. The maximum absolute atomic E-state index is 13.3. The fourth-order valence-corrected chi connectivity index (χ4v) is 5.77. The van der Waals surface area contributed by atoms with E-state index in [9.17, 15) is 34.0 Å². The number of likely N-dealkylation sites (N-methyl/N-ethyl adjacent to an activating group) is 2. The molecule has 1 aromatic rings. The average molecular weight is 777 g/mol. The molecule has 1 aromatic carbocycles. The SMILES string of the molecule is CCCC[C@@H](C(=O)N[C@H](C(=O)N(C)C)C(C)(C)C)C(C)N(C=O)OCc1ccccc1.CCCC[C@@H](C(=O)N[C@H](C(=O)N(C)C)C(C)(C)C)C(C)N(O)C=O. The van der Waals surface area contributed by atoms with E-state index in [-0.39, 0.29) is 30.2 Å². The molecule has 0 fully saturated rings. The van der Waals surface area contributed by atoms with Crippen molar-refractivity contribution in [2.45, 2.75) is 139 Å². The van der Waals surface area contributed by atoms with Crippen LogP contribution in [0.25, 0.3) is 0 Å². The van der Waals surface area contributed by atoms with Gasteiger partial charge in [-0.25, -0.2) is 10.1 Å². The maximum Gasteiger partial charge on any atom is 0.245 e. The van der Waals surface area contributed by atoms with Gasteiger partial charge in [0.1, 0.15) is 18.7 Å². The highest BCUT2D eigenvalue weighted by molar-refractivity contribution is 5.90. The molecular formula is C41H72N6O8. The Morgan fingerprint density at radius 2 is 1.11 bits per heavy atom. The zero-order valence-electron chi connectivity index (χ0n) is 36.0. The predicted octanol–water partition coefficient (Wildman–Crippen LogP) is 5.04. The fourth-order valence-electron chi connectivity index (χ4n) is 5.77. The van der Waals surface area contributed by atoms with E-state index < -0.39 is 46.8 Å². The number of nitrogens with one attached hydrogen (secondary N) is 2. The first-order valence-corrected chi connectivity index (χ1v) is 19.4. The molecule has 14 nitrogen and oxygen atoms in total. The van der Waals surface area contributed by atoms with E-state index in [0.29, 0.717) is 30.7 Å². The maximum atomic E-state index is 13.3.